The number of carbonyl (C=O) groups is 1. The molecule has 2 aromatic rings. The lowest BCUT2D eigenvalue weighted by Gasteiger charge is -2.48. The minimum absolute atomic E-state index is 0.00681. The molecule has 39 heavy (non-hydrogen) atoms. The first-order chi connectivity index (χ1) is 19.1. The second-order valence-electron chi connectivity index (χ2n) is 13.2. The Kier molecular flexibility index (Phi) is 6.82. The summed E-state index contributed by atoms with van der Waals surface area (Å²) in [4.78, 5) is 15.4. The zero-order chi connectivity index (χ0) is 26.4. The first-order valence-corrected chi connectivity index (χ1v) is 15.6. The summed E-state index contributed by atoms with van der Waals surface area (Å²) in [7, 11) is 0. The van der Waals surface area contributed by atoms with E-state index in [0.717, 1.165) is 64.3 Å². The van der Waals surface area contributed by atoms with E-state index in [1.54, 1.807) is 0 Å². The molecular weight excluding hydrogens is 484 g/mol. The van der Waals surface area contributed by atoms with Gasteiger partial charge in [-0.15, -0.1) is 0 Å². The van der Waals surface area contributed by atoms with Crippen LogP contribution in [0.1, 0.15) is 73.6 Å². The van der Waals surface area contributed by atoms with E-state index in [2.05, 4.69) is 53.5 Å². The SMILES string of the molecule is Cc1ccc2c(c1)CCCC21COc2ccc3cc2N(CC2CCC2C2CC(CCNC(=O)CC3)CCO2)C1. The molecule has 4 bridgehead atoms. The quantitative estimate of drug-likeness (QED) is 0.474. The number of rotatable bonds is 0. The smallest absolute Gasteiger partial charge is 0.220 e. The van der Waals surface area contributed by atoms with E-state index >= 15 is 0 Å². The minimum Gasteiger partial charge on any atom is -0.490 e. The van der Waals surface area contributed by atoms with Crippen LogP contribution in [0, 0.1) is 24.7 Å². The van der Waals surface area contributed by atoms with Crippen LogP contribution in [-0.2, 0) is 27.8 Å². The van der Waals surface area contributed by atoms with E-state index in [4.69, 9.17) is 9.47 Å². The number of nitrogens with zero attached hydrogens (tertiary/aromatic N) is 1. The molecule has 7 rings (SSSR count). The van der Waals surface area contributed by atoms with Crippen LogP contribution in [-0.4, -0.2) is 44.9 Å². The predicted molar refractivity (Wildman–Crippen MR) is 155 cm³/mol. The number of nitrogens with one attached hydrogen (secondary N) is 1. The van der Waals surface area contributed by atoms with E-state index in [9.17, 15) is 4.79 Å². The Labute approximate surface area is 233 Å². The summed E-state index contributed by atoms with van der Waals surface area (Å²) in [6, 6.07) is 13.8. The lowest BCUT2D eigenvalue weighted by molar-refractivity contribution is -0.121. The van der Waals surface area contributed by atoms with Crippen molar-refractivity contribution < 1.29 is 14.3 Å². The third-order valence-electron chi connectivity index (χ3n) is 10.6. The first kappa shape index (κ1) is 25.4. The van der Waals surface area contributed by atoms with Gasteiger partial charge in [0.15, 0.2) is 0 Å². The van der Waals surface area contributed by atoms with Gasteiger partial charge in [0, 0.05) is 38.1 Å². The number of fused-ring (bicyclic) bond motifs is 7. The maximum atomic E-state index is 12.7. The number of anilines is 1. The van der Waals surface area contributed by atoms with Gasteiger partial charge >= 0.3 is 0 Å². The second kappa shape index (κ2) is 10.5. The standard InChI is InChI=1S/C34H44N2O3/c1-23-4-9-29-26(17-23)3-2-14-34(29)21-36-20-27-7-8-28(27)32-19-25(13-16-38-32)12-15-35-33(37)11-6-24-5-10-31(39-22-34)30(36)18-24/h4-5,9-10,17-18,25,27-28,32H,2-3,6-8,11-16,19-22H2,1H3,(H,35,37). The molecule has 5 atom stereocenters. The van der Waals surface area contributed by atoms with E-state index in [1.165, 1.54) is 60.0 Å². The maximum absolute atomic E-state index is 12.7. The lowest BCUT2D eigenvalue weighted by atomic mass is 9.67. The van der Waals surface area contributed by atoms with E-state index < -0.39 is 0 Å². The number of amides is 1. The molecule has 208 valence electrons. The van der Waals surface area contributed by atoms with Crippen LogP contribution in [0.2, 0.25) is 0 Å². The molecule has 5 unspecified atom stereocenters. The average molecular weight is 529 g/mol. The molecule has 1 amide bonds. The van der Waals surface area contributed by atoms with Crippen molar-refractivity contribution in [3.63, 3.8) is 0 Å². The highest BCUT2D eigenvalue weighted by Crippen LogP contribution is 2.47. The molecule has 1 N–H and O–H groups in total. The van der Waals surface area contributed by atoms with Crippen molar-refractivity contribution >= 4 is 11.6 Å². The van der Waals surface area contributed by atoms with E-state index in [1.807, 2.05) is 0 Å². The molecule has 1 spiro atoms. The number of hydrogen-bond donors (Lipinski definition) is 1. The van der Waals surface area contributed by atoms with E-state index in [0.29, 0.717) is 30.3 Å². The highest BCUT2D eigenvalue weighted by molar-refractivity contribution is 5.76. The largest absolute Gasteiger partial charge is 0.490 e. The highest BCUT2D eigenvalue weighted by Gasteiger charge is 2.45. The monoisotopic (exact) mass is 528 g/mol. The van der Waals surface area contributed by atoms with Crippen molar-refractivity contribution in [3.05, 3.63) is 58.7 Å². The molecule has 2 aromatic carbocycles. The van der Waals surface area contributed by atoms with Gasteiger partial charge in [0.1, 0.15) is 5.75 Å². The Bertz CT molecular complexity index is 1230. The van der Waals surface area contributed by atoms with Gasteiger partial charge in [-0.3, -0.25) is 4.79 Å². The summed E-state index contributed by atoms with van der Waals surface area (Å²) in [5, 5.41) is 3.20. The normalized spacial score (nSPS) is 32.6. The van der Waals surface area contributed by atoms with Crippen molar-refractivity contribution in [2.45, 2.75) is 82.7 Å². The van der Waals surface area contributed by atoms with Gasteiger partial charge in [-0.05, 0) is 111 Å². The zero-order valence-corrected chi connectivity index (χ0v) is 23.6. The molecule has 1 saturated carbocycles. The van der Waals surface area contributed by atoms with Gasteiger partial charge < -0.3 is 19.7 Å². The molecule has 5 nitrogen and oxygen atoms in total. The molecule has 3 heterocycles. The molecule has 0 aromatic heterocycles. The number of benzene rings is 2. The fourth-order valence-corrected chi connectivity index (χ4v) is 8.29. The lowest BCUT2D eigenvalue weighted by Crippen LogP contribution is -2.50. The van der Waals surface area contributed by atoms with E-state index in [-0.39, 0.29) is 11.3 Å². The number of carbonyl (C=O) groups excluding carboxylic acids is 1. The summed E-state index contributed by atoms with van der Waals surface area (Å²) in [5.74, 6) is 3.14. The van der Waals surface area contributed by atoms with Crippen molar-refractivity contribution in [2.75, 3.05) is 37.7 Å². The number of hydrogen-bond acceptors (Lipinski definition) is 4. The molecule has 5 heteroatoms. The van der Waals surface area contributed by atoms with Gasteiger partial charge in [-0.1, -0.05) is 29.8 Å². The van der Waals surface area contributed by atoms with Crippen molar-refractivity contribution in [1.82, 2.24) is 5.32 Å². The third kappa shape index (κ3) is 4.96. The second-order valence-corrected chi connectivity index (χ2v) is 13.2. The number of aryl methyl sites for hydroxylation is 3. The molecule has 2 aliphatic carbocycles. The third-order valence-corrected chi connectivity index (χ3v) is 10.6. The number of ether oxygens (including phenoxy) is 2. The summed E-state index contributed by atoms with van der Waals surface area (Å²) < 4.78 is 13.1. The predicted octanol–water partition coefficient (Wildman–Crippen LogP) is 5.74. The summed E-state index contributed by atoms with van der Waals surface area (Å²) >= 11 is 0. The highest BCUT2D eigenvalue weighted by atomic mass is 16.5. The Hall–Kier alpha value is -2.53. The Morgan fingerprint density at radius 1 is 1.03 bits per heavy atom. The molecule has 5 aliphatic rings. The molecule has 3 aliphatic heterocycles. The van der Waals surface area contributed by atoms with Crippen molar-refractivity contribution in [1.29, 1.82) is 0 Å². The van der Waals surface area contributed by atoms with Crippen molar-refractivity contribution in [3.8, 4) is 5.75 Å². The van der Waals surface area contributed by atoms with Crippen molar-refractivity contribution in [2.24, 2.45) is 17.8 Å². The Morgan fingerprint density at radius 3 is 2.87 bits per heavy atom. The average Bonchev–Trinajstić information content (AvgIpc) is 3.07. The Morgan fingerprint density at radius 2 is 1.97 bits per heavy atom. The topological polar surface area (TPSA) is 50.8 Å². The summed E-state index contributed by atoms with van der Waals surface area (Å²) in [6.07, 6.45) is 11.2. The van der Waals surface area contributed by atoms with Gasteiger partial charge in [-0.2, -0.15) is 0 Å². The zero-order valence-electron chi connectivity index (χ0n) is 23.6. The van der Waals surface area contributed by atoms with Gasteiger partial charge in [0.25, 0.3) is 0 Å². The first-order valence-electron chi connectivity index (χ1n) is 15.6. The van der Waals surface area contributed by atoms with Crippen LogP contribution in [0.3, 0.4) is 0 Å². The van der Waals surface area contributed by atoms with Gasteiger partial charge in [0.2, 0.25) is 5.91 Å². The summed E-state index contributed by atoms with van der Waals surface area (Å²) in [5.41, 5.74) is 6.83. The Balaban J connectivity index is 1.25. The fourth-order valence-electron chi connectivity index (χ4n) is 8.29. The van der Waals surface area contributed by atoms with Gasteiger partial charge in [0.05, 0.1) is 18.4 Å². The maximum Gasteiger partial charge on any atom is 0.220 e. The molecular formula is C34H44N2O3. The van der Waals surface area contributed by atoms with Crippen LogP contribution in [0.5, 0.6) is 5.75 Å². The molecule has 0 radical (unpaired) electrons. The van der Waals surface area contributed by atoms with Crippen LogP contribution < -0.4 is 15.0 Å². The van der Waals surface area contributed by atoms with Crippen LogP contribution in [0.15, 0.2) is 36.4 Å². The molecule has 1 saturated heterocycles. The van der Waals surface area contributed by atoms with Gasteiger partial charge in [-0.25, -0.2) is 0 Å². The van der Waals surface area contributed by atoms with Crippen LogP contribution in [0.25, 0.3) is 0 Å². The van der Waals surface area contributed by atoms with Crippen LogP contribution >= 0.6 is 0 Å². The fraction of sp³-hybridized carbons (Fsp3) is 0.618. The van der Waals surface area contributed by atoms with Crippen LogP contribution in [0.4, 0.5) is 5.69 Å². The summed E-state index contributed by atoms with van der Waals surface area (Å²) in [6.45, 7) is 6.67. The minimum atomic E-state index is 0.00681. The molecule has 2 fully saturated rings.